The van der Waals surface area contributed by atoms with Gasteiger partial charge in [0.1, 0.15) is 5.82 Å². The molecule has 0 saturated heterocycles. The summed E-state index contributed by atoms with van der Waals surface area (Å²) < 4.78 is 1.91. The molecule has 0 fully saturated rings. The summed E-state index contributed by atoms with van der Waals surface area (Å²) in [6, 6.07) is 8.14. The van der Waals surface area contributed by atoms with Crippen molar-refractivity contribution < 1.29 is 0 Å². The van der Waals surface area contributed by atoms with Crippen LogP contribution in [-0.4, -0.2) is 19.6 Å². The minimum atomic E-state index is 0.710. The molecule has 0 amide bonds. The van der Waals surface area contributed by atoms with Gasteiger partial charge in [-0.2, -0.15) is 0 Å². The van der Waals surface area contributed by atoms with E-state index in [1.165, 1.54) is 5.56 Å². The largest absolute Gasteiger partial charge is 0.337 e. The lowest BCUT2D eigenvalue weighted by Crippen LogP contribution is -1.98. The van der Waals surface area contributed by atoms with Crippen molar-refractivity contribution in [3.8, 4) is 0 Å². The monoisotopic (exact) mass is 239 g/mol. The van der Waals surface area contributed by atoms with Crippen molar-refractivity contribution >= 4 is 17.2 Å². The maximum Gasteiger partial charge on any atom is 0.204 e. The van der Waals surface area contributed by atoms with E-state index < -0.39 is 0 Å². The lowest BCUT2D eigenvalue weighted by molar-refractivity contribution is 1.00. The third-order valence-electron chi connectivity index (χ3n) is 2.81. The van der Waals surface area contributed by atoms with Gasteiger partial charge in [0.05, 0.1) is 0 Å². The Hall–Kier alpha value is -2.43. The van der Waals surface area contributed by atoms with Crippen molar-refractivity contribution in [3.05, 3.63) is 48.0 Å². The molecular formula is C13H13N5. The van der Waals surface area contributed by atoms with Crippen LogP contribution in [0.5, 0.6) is 0 Å². The number of hydrogen-bond donors (Lipinski definition) is 1. The Morgan fingerprint density at radius 3 is 2.61 bits per heavy atom. The maximum atomic E-state index is 4.30. The van der Waals surface area contributed by atoms with Crippen LogP contribution in [0.4, 0.5) is 11.5 Å². The van der Waals surface area contributed by atoms with Gasteiger partial charge in [-0.05, 0) is 26.0 Å². The molecule has 1 aromatic carbocycles. The van der Waals surface area contributed by atoms with E-state index in [1.807, 2.05) is 29.7 Å². The molecule has 2 aromatic heterocycles. The van der Waals surface area contributed by atoms with Crippen molar-refractivity contribution in [2.75, 3.05) is 5.32 Å². The van der Waals surface area contributed by atoms with E-state index in [0.29, 0.717) is 5.82 Å². The number of fused-ring (bicyclic) bond motifs is 1. The standard InChI is InChI=1S/C13H13N5/c1-9-3-5-11(6-4-9)15-12-13-17-16-10(2)18(13)8-7-14-12/h3-8H,1-2H3,(H,14,15). The number of aromatic nitrogens is 4. The van der Waals surface area contributed by atoms with Crippen LogP contribution in [0.25, 0.3) is 5.65 Å². The third kappa shape index (κ3) is 1.79. The van der Waals surface area contributed by atoms with Crippen LogP contribution in [0.3, 0.4) is 0 Å². The summed E-state index contributed by atoms with van der Waals surface area (Å²) >= 11 is 0. The SMILES string of the molecule is Cc1ccc(Nc2nccn3c(C)nnc23)cc1. The summed E-state index contributed by atoms with van der Waals surface area (Å²) in [4.78, 5) is 4.30. The van der Waals surface area contributed by atoms with Gasteiger partial charge < -0.3 is 5.32 Å². The average molecular weight is 239 g/mol. The van der Waals surface area contributed by atoms with E-state index in [4.69, 9.17) is 0 Å². The highest BCUT2D eigenvalue weighted by molar-refractivity contribution is 5.69. The molecule has 0 aliphatic heterocycles. The van der Waals surface area contributed by atoms with E-state index in [0.717, 1.165) is 17.2 Å². The maximum absolute atomic E-state index is 4.30. The first-order chi connectivity index (χ1) is 8.74. The quantitative estimate of drug-likeness (QED) is 0.746. The molecule has 0 atom stereocenters. The van der Waals surface area contributed by atoms with E-state index in [2.05, 4.69) is 39.6 Å². The minimum Gasteiger partial charge on any atom is -0.337 e. The number of nitrogens with one attached hydrogen (secondary N) is 1. The van der Waals surface area contributed by atoms with Crippen LogP contribution < -0.4 is 5.32 Å². The number of hydrogen-bond acceptors (Lipinski definition) is 4. The summed E-state index contributed by atoms with van der Waals surface area (Å²) in [6.07, 6.45) is 3.59. The highest BCUT2D eigenvalue weighted by atomic mass is 15.3. The molecule has 90 valence electrons. The topological polar surface area (TPSA) is 55.1 Å². The molecule has 0 saturated carbocycles. The first kappa shape index (κ1) is 10.7. The second-order valence-corrected chi connectivity index (χ2v) is 4.21. The molecule has 0 spiro atoms. The molecule has 0 aliphatic carbocycles. The fourth-order valence-corrected chi connectivity index (χ4v) is 1.80. The van der Waals surface area contributed by atoms with Crippen LogP contribution in [0.15, 0.2) is 36.7 Å². The van der Waals surface area contributed by atoms with Gasteiger partial charge in [-0.1, -0.05) is 17.7 Å². The normalized spacial score (nSPS) is 10.8. The molecule has 3 rings (SSSR count). The lowest BCUT2D eigenvalue weighted by Gasteiger charge is -2.06. The summed E-state index contributed by atoms with van der Waals surface area (Å²) in [5.41, 5.74) is 2.95. The Balaban J connectivity index is 2.02. The van der Waals surface area contributed by atoms with Gasteiger partial charge in [0.25, 0.3) is 0 Å². The van der Waals surface area contributed by atoms with Crippen LogP contribution in [-0.2, 0) is 0 Å². The van der Waals surface area contributed by atoms with Gasteiger partial charge >= 0.3 is 0 Å². The summed E-state index contributed by atoms with van der Waals surface area (Å²) in [5, 5.41) is 11.4. The number of aryl methyl sites for hydroxylation is 2. The average Bonchev–Trinajstić information content (AvgIpc) is 2.76. The van der Waals surface area contributed by atoms with Crippen molar-refractivity contribution in [1.29, 1.82) is 0 Å². The first-order valence-corrected chi connectivity index (χ1v) is 5.74. The second kappa shape index (κ2) is 4.10. The van der Waals surface area contributed by atoms with Crippen molar-refractivity contribution in [1.82, 2.24) is 19.6 Å². The molecule has 0 radical (unpaired) electrons. The zero-order valence-corrected chi connectivity index (χ0v) is 10.3. The smallest absolute Gasteiger partial charge is 0.204 e. The molecule has 5 nitrogen and oxygen atoms in total. The second-order valence-electron chi connectivity index (χ2n) is 4.21. The number of benzene rings is 1. The summed E-state index contributed by atoms with van der Waals surface area (Å²) in [5.74, 6) is 1.56. The van der Waals surface area contributed by atoms with Gasteiger partial charge in [0.2, 0.25) is 5.65 Å². The Kier molecular flexibility index (Phi) is 2.44. The van der Waals surface area contributed by atoms with Crippen LogP contribution in [0.1, 0.15) is 11.4 Å². The fraction of sp³-hybridized carbons (Fsp3) is 0.154. The molecule has 0 bridgehead atoms. The van der Waals surface area contributed by atoms with E-state index in [1.54, 1.807) is 6.20 Å². The molecule has 5 heteroatoms. The highest BCUT2D eigenvalue weighted by Gasteiger charge is 2.07. The predicted molar refractivity (Wildman–Crippen MR) is 70.0 cm³/mol. The predicted octanol–water partition coefficient (Wildman–Crippen LogP) is 2.48. The molecule has 0 aliphatic rings. The molecular weight excluding hydrogens is 226 g/mol. The van der Waals surface area contributed by atoms with Gasteiger partial charge in [0, 0.05) is 18.1 Å². The van der Waals surface area contributed by atoms with E-state index in [-0.39, 0.29) is 0 Å². The zero-order chi connectivity index (χ0) is 12.5. The Labute approximate surface area is 105 Å². The summed E-state index contributed by atoms with van der Waals surface area (Å²) in [7, 11) is 0. The molecule has 3 aromatic rings. The Morgan fingerprint density at radius 2 is 1.83 bits per heavy atom. The summed E-state index contributed by atoms with van der Waals surface area (Å²) in [6.45, 7) is 3.97. The van der Waals surface area contributed by atoms with Crippen molar-refractivity contribution in [2.24, 2.45) is 0 Å². The van der Waals surface area contributed by atoms with Crippen molar-refractivity contribution in [3.63, 3.8) is 0 Å². The Morgan fingerprint density at radius 1 is 1.06 bits per heavy atom. The number of rotatable bonds is 2. The van der Waals surface area contributed by atoms with Crippen LogP contribution >= 0.6 is 0 Å². The number of nitrogens with zero attached hydrogens (tertiary/aromatic N) is 4. The molecule has 0 unspecified atom stereocenters. The van der Waals surface area contributed by atoms with Gasteiger partial charge in [-0.25, -0.2) is 4.98 Å². The van der Waals surface area contributed by atoms with Gasteiger partial charge in [-0.15, -0.1) is 10.2 Å². The number of anilines is 2. The minimum absolute atomic E-state index is 0.710. The van der Waals surface area contributed by atoms with Crippen LogP contribution in [0.2, 0.25) is 0 Å². The molecule has 1 N–H and O–H groups in total. The highest BCUT2D eigenvalue weighted by Crippen LogP contribution is 2.18. The molecule has 2 heterocycles. The van der Waals surface area contributed by atoms with E-state index in [9.17, 15) is 0 Å². The lowest BCUT2D eigenvalue weighted by atomic mass is 10.2. The Bertz CT molecular complexity index is 684. The fourth-order valence-electron chi connectivity index (χ4n) is 1.80. The van der Waals surface area contributed by atoms with Gasteiger partial charge in [-0.3, -0.25) is 4.40 Å². The van der Waals surface area contributed by atoms with E-state index >= 15 is 0 Å². The zero-order valence-electron chi connectivity index (χ0n) is 10.3. The van der Waals surface area contributed by atoms with Gasteiger partial charge in [0.15, 0.2) is 5.82 Å². The third-order valence-corrected chi connectivity index (χ3v) is 2.81. The first-order valence-electron chi connectivity index (χ1n) is 5.74. The van der Waals surface area contributed by atoms with Crippen molar-refractivity contribution in [2.45, 2.75) is 13.8 Å². The molecule has 18 heavy (non-hydrogen) atoms. The van der Waals surface area contributed by atoms with Crippen LogP contribution in [0, 0.1) is 13.8 Å².